The van der Waals surface area contributed by atoms with E-state index in [0.29, 0.717) is 57.8 Å². The van der Waals surface area contributed by atoms with Crippen LogP contribution in [0.15, 0.2) is 0 Å². The molecule has 9 N–H and O–H groups in total. The Balaban J connectivity index is 0.000000682. The number of Topliss-reactive ketones (excluding diaryl/α,β-unsaturated/α-hetero) is 1. The molecule has 0 aliphatic heterocycles. The van der Waals surface area contributed by atoms with Gasteiger partial charge >= 0.3 is 0 Å². The first-order chi connectivity index (χ1) is 55.6. The van der Waals surface area contributed by atoms with Gasteiger partial charge in [0.2, 0.25) is 26.1 Å². The van der Waals surface area contributed by atoms with Crippen molar-refractivity contribution >= 4 is 32.1 Å². The zero-order valence-corrected chi connectivity index (χ0v) is 87.2. The number of ketones is 1. The summed E-state index contributed by atoms with van der Waals surface area (Å²) in [7, 11) is -6.29. The highest BCUT2D eigenvalue weighted by molar-refractivity contribution is 7.89. The second-order valence-corrected chi connectivity index (χ2v) is 53.6. The third kappa shape index (κ3) is 63.2. The number of carbonyl (C=O) groups excluding carboxylic acids is 2. The van der Waals surface area contributed by atoms with E-state index in [9.17, 15) is 31.5 Å². The molecule has 13 nitrogen and oxygen atoms in total. The van der Waals surface area contributed by atoms with E-state index in [0.717, 1.165) is 179 Å². The first-order valence-electron chi connectivity index (χ1n) is 50.9. The summed E-state index contributed by atoms with van der Waals surface area (Å²) < 4.78 is 47.0. The SMILES string of the molecule is CC(C)(C)CC1CCC(C(C)(C)O)C1.CC(C)(C)CC1CCC(CC=O)CC1.CC(C)(C)CC1CCCC(N)C1.CC(C)CC1CCC(=O)CC1.CC(C)CC1CCC(C(C)(C)N)CC1.CC(C)CC1CCC(NC(C)(C)C)CC1.CC(C)CC1CCC(NS(C)(=O)=O)CC1.CC(C)CC1CCC(S(N)(=O)=O)CC1.[C-]#[N+]C1CCC(CC(C)C)CC1. The van der Waals surface area contributed by atoms with Gasteiger partial charge in [0.1, 0.15) is 12.1 Å². The second kappa shape index (κ2) is 58.3. The predicted molar refractivity (Wildman–Crippen MR) is 526 cm³/mol. The van der Waals surface area contributed by atoms with E-state index >= 15 is 0 Å². The van der Waals surface area contributed by atoms with Gasteiger partial charge in [-0.25, -0.2) is 33.3 Å². The van der Waals surface area contributed by atoms with Gasteiger partial charge in [0.25, 0.3) is 0 Å². The number of aliphatic hydroxyl groups is 1. The molecule has 0 amide bonds. The smallest absolute Gasteiger partial charge is 0.223 e. The molecule has 0 saturated heterocycles. The molecule has 121 heavy (non-hydrogen) atoms. The van der Waals surface area contributed by atoms with Gasteiger partial charge in [0, 0.05) is 61.3 Å². The van der Waals surface area contributed by atoms with Crippen molar-refractivity contribution in [3.05, 3.63) is 11.4 Å². The van der Waals surface area contributed by atoms with E-state index in [4.69, 9.17) is 23.2 Å². The lowest BCUT2D eigenvalue weighted by molar-refractivity contribution is -0.121. The largest absolute Gasteiger partial charge is 0.390 e. The van der Waals surface area contributed by atoms with Crippen molar-refractivity contribution in [2.75, 3.05) is 6.26 Å². The molecule has 0 heterocycles. The maximum Gasteiger partial charge on any atom is 0.223 e. The van der Waals surface area contributed by atoms with Crippen molar-refractivity contribution in [1.82, 2.24) is 10.0 Å². The molecule has 9 fully saturated rings. The fourth-order valence-corrected chi connectivity index (χ4v) is 24.2. The lowest BCUT2D eigenvalue weighted by Crippen LogP contribution is -2.45. The van der Waals surface area contributed by atoms with Crippen molar-refractivity contribution in [2.45, 2.75) is 529 Å². The quantitative estimate of drug-likeness (QED) is 0.0419. The molecule has 4 atom stereocenters. The van der Waals surface area contributed by atoms with Crippen molar-refractivity contribution in [3.8, 4) is 0 Å². The Kier molecular flexibility index (Phi) is 56.6. The Labute approximate surface area is 754 Å². The van der Waals surface area contributed by atoms with Gasteiger partial charge in [-0.15, -0.1) is 0 Å². The molecule has 0 aromatic carbocycles. The van der Waals surface area contributed by atoms with Crippen LogP contribution in [0, 0.1) is 129 Å². The molecule has 0 spiro atoms. The Morgan fingerprint density at radius 3 is 1.05 bits per heavy atom. The summed E-state index contributed by atoms with van der Waals surface area (Å²) in [5.74, 6) is 15.2. The maximum atomic E-state index is 11.1. The number of nitrogens with zero attached hydrogens (tertiary/aromatic N) is 1. The highest BCUT2D eigenvalue weighted by Crippen LogP contribution is 2.44. The topological polar surface area (TPSA) is 229 Å². The van der Waals surface area contributed by atoms with E-state index in [-0.39, 0.29) is 22.4 Å². The molecule has 0 aromatic rings. The number of primary sulfonamides is 1. The van der Waals surface area contributed by atoms with Gasteiger partial charge in [-0.3, -0.25) is 4.79 Å². The summed E-state index contributed by atoms with van der Waals surface area (Å²) in [5, 5.41) is 18.5. The highest BCUT2D eigenvalue weighted by Gasteiger charge is 2.37. The van der Waals surface area contributed by atoms with Gasteiger partial charge < -0.3 is 31.5 Å². The van der Waals surface area contributed by atoms with Crippen LogP contribution in [-0.2, 0) is 29.6 Å². The molecule has 9 aliphatic carbocycles. The molecule has 0 radical (unpaired) electrons. The van der Waals surface area contributed by atoms with E-state index in [1.807, 2.05) is 13.8 Å². The molecule has 0 aromatic heterocycles. The van der Waals surface area contributed by atoms with Crippen LogP contribution in [0.4, 0.5) is 0 Å². The summed E-state index contributed by atoms with van der Waals surface area (Å²) >= 11 is 0. The van der Waals surface area contributed by atoms with Crippen LogP contribution in [0.1, 0.15) is 483 Å². The fraction of sp³-hybridized carbons (Fsp3) is 0.972. The molecule has 718 valence electrons. The minimum Gasteiger partial charge on any atom is -0.390 e. The van der Waals surface area contributed by atoms with Crippen LogP contribution in [0.3, 0.4) is 0 Å². The monoisotopic (exact) mass is 1740 g/mol. The van der Waals surface area contributed by atoms with E-state index < -0.39 is 25.6 Å². The van der Waals surface area contributed by atoms with Crippen molar-refractivity contribution in [3.63, 3.8) is 0 Å². The lowest BCUT2D eigenvalue weighted by Gasteiger charge is -2.37. The van der Waals surface area contributed by atoms with Gasteiger partial charge in [0.05, 0.1) is 17.1 Å². The molecule has 9 rings (SSSR count). The molecule has 4 unspecified atom stereocenters. The molecular weight excluding hydrogens is 1530 g/mol. The van der Waals surface area contributed by atoms with Crippen LogP contribution in [0.25, 0.3) is 4.85 Å². The Morgan fingerprint density at radius 1 is 0.421 bits per heavy atom. The van der Waals surface area contributed by atoms with Crippen LogP contribution in [0.2, 0.25) is 0 Å². The average molecular weight is 1750 g/mol. The summed E-state index contributed by atoms with van der Waals surface area (Å²) in [6, 6.07) is 1.80. The van der Waals surface area contributed by atoms with Gasteiger partial charge in [-0.2, -0.15) is 0 Å². The Bertz CT molecular complexity index is 2900. The zero-order chi connectivity index (χ0) is 92.5. The van der Waals surface area contributed by atoms with Gasteiger partial charge in [-0.1, -0.05) is 190 Å². The summed E-state index contributed by atoms with van der Waals surface area (Å²) in [6.07, 6.45) is 57.4. The van der Waals surface area contributed by atoms with Crippen LogP contribution < -0.4 is 26.6 Å². The first-order valence-corrected chi connectivity index (χ1v) is 54.4. The van der Waals surface area contributed by atoms with Crippen molar-refractivity contribution < 1.29 is 31.5 Å². The summed E-state index contributed by atoms with van der Waals surface area (Å²) in [4.78, 5) is 24.9. The minimum absolute atomic E-state index is 0.0444. The summed E-state index contributed by atoms with van der Waals surface area (Å²) in [6.45, 7) is 70.3. The summed E-state index contributed by atoms with van der Waals surface area (Å²) in [5.41, 5.74) is 13.4. The molecule has 0 bridgehead atoms. The average Bonchev–Trinajstić information content (AvgIpc) is 0.923. The van der Waals surface area contributed by atoms with Crippen LogP contribution in [0.5, 0.6) is 0 Å². The number of carbonyl (C=O) groups is 2. The highest BCUT2D eigenvalue weighted by atomic mass is 32.2. The number of rotatable bonds is 23. The van der Waals surface area contributed by atoms with E-state index in [2.05, 4.69) is 195 Å². The third-order valence-electron chi connectivity index (χ3n) is 27.8. The number of sulfonamides is 2. The number of aldehydes is 1. The predicted octanol–water partition coefficient (Wildman–Crippen LogP) is 28.2. The number of nitrogens with one attached hydrogen (secondary N) is 2. The number of hydrogen-bond donors (Lipinski definition) is 6. The van der Waals surface area contributed by atoms with Gasteiger partial charge in [0.15, 0.2) is 0 Å². The van der Waals surface area contributed by atoms with E-state index in [1.165, 1.54) is 212 Å². The maximum absolute atomic E-state index is 11.1. The lowest BCUT2D eigenvalue weighted by atomic mass is 9.72. The minimum atomic E-state index is -3.28. The van der Waals surface area contributed by atoms with Gasteiger partial charge in [-0.05, 0) is 383 Å². The standard InChI is InChI=1S/C14H29N.C13H27N.C13H26O.C13H24O.C11H23NO2S.C11H19N.C11H23N.C10H21NO2S.C10H18O/c1-11(2)10-12-6-8-13(9-7-12)15-14(3,4)5;1-10(2)9-11-5-7-12(8-6-11)13(3,4)14;1-12(2,3)9-10-6-7-11(8-10)13(4,5)14;1-13(2,3)10-12-6-4-11(5-7-12)8-9-14;1-9(2)8-10-4-6-11(7-5-10)12-15(3,13)14;1-9(2)8-10-4-6-11(12-3)7-5-10;1-11(2,3)8-9-5-4-6-10(12)7-9;1-8(2)7-9-3-5-10(6-4-9)14(11,12)13;1-8(2)7-9-3-5-10(11)6-4-9/h11-13,15H,6-10H2,1-5H3;10-12H,5-9,14H2,1-4H3;10-11,14H,6-9H2,1-5H3;9,11-12H,4-8,10H2,1-3H3;9-12H,4-8H2,1-3H3;9-11H,4-8H2,1-2H3;9-10H,4-8,12H2,1-3H3;8-10H,3-7H2,1-2H3,(H2,11,12,13);8-9H,3-7H2,1-2H3. The molecule has 9 aliphatic rings. The molecule has 15 heteroatoms. The Hall–Kier alpha value is -1.51. The fourth-order valence-electron chi connectivity index (χ4n) is 22.4. The van der Waals surface area contributed by atoms with Crippen LogP contribution >= 0.6 is 0 Å². The van der Waals surface area contributed by atoms with E-state index in [1.54, 1.807) is 0 Å². The molecular formula is C106H210N6O7S2. The number of hydrogen-bond acceptors (Lipinski definition) is 10. The van der Waals surface area contributed by atoms with Crippen LogP contribution in [-0.4, -0.2) is 86.4 Å². The first kappa shape index (κ1) is 117. The Morgan fingerprint density at radius 2 is 0.736 bits per heavy atom. The van der Waals surface area contributed by atoms with Crippen molar-refractivity contribution in [1.29, 1.82) is 0 Å². The number of nitrogens with two attached hydrogens (primary N) is 3. The second-order valence-electron chi connectivity index (χ2n) is 50.0. The molecule has 9 saturated carbocycles. The van der Waals surface area contributed by atoms with Crippen molar-refractivity contribution in [2.24, 2.45) is 139 Å². The normalized spacial score (nSPS) is 28.7. The third-order valence-corrected chi connectivity index (χ3v) is 30.0. The zero-order valence-electron chi connectivity index (χ0n) is 85.6.